The minimum absolute atomic E-state index is 0.0687. The van der Waals surface area contributed by atoms with Crippen molar-refractivity contribution in [2.24, 2.45) is 5.16 Å². The van der Waals surface area contributed by atoms with Gasteiger partial charge in [-0.25, -0.2) is 4.79 Å². The van der Waals surface area contributed by atoms with Crippen molar-refractivity contribution in [3.05, 3.63) is 112 Å². The van der Waals surface area contributed by atoms with Crippen LogP contribution in [-0.2, 0) is 17.8 Å². The predicted octanol–water partition coefficient (Wildman–Crippen LogP) is 7.17. The van der Waals surface area contributed by atoms with Crippen LogP contribution in [0.4, 0.5) is 0 Å². The maximum atomic E-state index is 13.3. The molecule has 0 radical (unpaired) electrons. The molecule has 1 N–H and O–H groups in total. The third kappa shape index (κ3) is 5.17. The quantitative estimate of drug-likeness (QED) is 0.160. The minimum atomic E-state index is -0.354. The normalized spacial score (nSPS) is 15.9. The molecule has 3 aromatic carbocycles. The number of carbonyl (C=O) groups is 1. The van der Waals surface area contributed by atoms with Crippen LogP contribution in [0.2, 0.25) is 0 Å². The first kappa shape index (κ1) is 24.2. The zero-order valence-electron chi connectivity index (χ0n) is 19.7. The van der Waals surface area contributed by atoms with Crippen LogP contribution < -0.4 is 4.74 Å². The van der Waals surface area contributed by atoms with Crippen molar-refractivity contribution in [3.8, 4) is 5.75 Å². The number of fused-ring (bicyclic) bond motifs is 1. The number of hydrogen-bond donors (Lipinski definition) is 1. The number of ether oxygens (including phenoxy) is 2. The Balaban J connectivity index is 1.51. The van der Waals surface area contributed by atoms with E-state index in [0.717, 1.165) is 37.1 Å². The Bertz CT molecular complexity index is 1370. The molecule has 0 spiro atoms. The average molecular weight is 516 g/mol. The third-order valence-electron chi connectivity index (χ3n) is 6.21. The summed E-state index contributed by atoms with van der Waals surface area (Å²) < 4.78 is 12.0. The van der Waals surface area contributed by atoms with E-state index < -0.39 is 0 Å². The van der Waals surface area contributed by atoms with Gasteiger partial charge in [0.05, 0.1) is 17.0 Å². The van der Waals surface area contributed by atoms with Crippen molar-refractivity contribution in [1.82, 2.24) is 0 Å². The van der Waals surface area contributed by atoms with E-state index in [1.165, 1.54) is 11.3 Å². The topological polar surface area (TPSA) is 68.1 Å². The van der Waals surface area contributed by atoms with Crippen molar-refractivity contribution in [1.29, 1.82) is 0 Å². The fourth-order valence-electron chi connectivity index (χ4n) is 4.41. The lowest BCUT2D eigenvalue weighted by Gasteiger charge is -2.25. The molecule has 7 heteroatoms. The molecule has 0 fully saturated rings. The first-order chi connectivity index (χ1) is 17.7. The number of esters is 1. The highest BCUT2D eigenvalue weighted by Gasteiger charge is 2.34. The second kappa shape index (κ2) is 11.0. The fraction of sp³-hybridized carbons (Fsp3) is 0.172. The summed E-state index contributed by atoms with van der Waals surface area (Å²) >= 11 is 2.99. The smallest absolute Gasteiger partial charge is 0.348 e. The SMILES string of the molecule is COc1ccc(C2C/C(=N\O)c3c(Sc4ccccc4)sc(C(=O)OCc4ccccc4)c3C2)cc1. The van der Waals surface area contributed by atoms with Gasteiger partial charge in [0.2, 0.25) is 0 Å². The molecule has 36 heavy (non-hydrogen) atoms. The standard InChI is InChI=1S/C29H25NO4S2/c1-33-22-14-12-20(13-15-22)21-16-24-26(25(17-21)30-32)29(35-23-10-6-3-7-11-23)36-27(24)28(31)34-18-19-8-4-2-5-9-19/h2-15,21,32H,16-18H2,1H3/b30-25+. The van der Waals surface area contributed by atoms with E-state index in [9.17, 15) is 10.0 Å². The molecule has 0 amide bonds. The summed E-state index contributed by atoms with van der Waals surface area (Å²) in [6.45, 7) is 0.205. The summed E-state index contributed by atoms with van der Waals surface area (Å²) in [4.78, 5) is 15.0. The van der Waals surface area contributed by atoms with Gasteiger partial charge in [0.25, 0.3) is 0 Å². The molecule has 0 saturated carbocycles. The molecule has 5 nitrogen and oxygen atoms in total. The summed E-state index contributed by atoms with van der Waals surface area (Å²) in [5, 5.41) is 13.7. The number of nitrogens with zero attached hydrogens (tertiary/aromatic N) is 1. The van der Waals surface area contributed by atoms with Crippen LogP contribution in [0, 0.1) is 0 Å². The molecule has 1 aromatic heterocycles. The number of hydrogen-bond acceptors (Lipinski definition) is 7. The highest BCUT2D eigenvalue weighted by molar-refractivity contribution is 8.01. The van der Waals surface area contributed by atoms with Gasteiger partial charge in [-0.05, 0) is 53.3 Å². The number of rotatable bonds is 7. The molecular formula is C29H25NO4S2. The Labute approximate surface area is 218 Å². The second-order valence-electron chi connectivity index (χ2n) is 8.47. The van der Waals surface area contributed by atoms with Crippen molar-refractivity contribution in [2.45, 2.75) is 34.5 Å². The van der Waals surface area contributed by atoms with Crippen molar-refractivity contribution < 1.29 is 19.5 Å². The van der Waals surface area contributed by atoms with Crippen molar-refractivity contribution >= 4 is 34.8 Å². The maximum Gasteiger partial charge on any atom is 0.348 e. The Morgan fingerprint density at radius 2 is 1.69 bits per heavy atom. The van der Waals surface area contributed by atoms with Gasteiger partial charge in [-0.2, -0.15) is 0 Å². The third-order valence-corrected chi connectivity index (χ3v) is 8.62. The van der Waals surface area contributed by atoms with Crippen molar-refractivity contribution in [3.63, 3.8) is 0 Å². The molecule has 1 aliphatic rings. The molecule has 5 rings (SSSR count). The summed E-state index contributed by atoms with van der Waals surface area (Å²) in [5.74, 6) is 0.500. The predicted molar refractivity (Wildman–Crippen MR) is 143 cm³/mol. The Morgan fingerprint density at radius 3 is 2.36 bits per heavy atom. The summed E-state index contributed by atoms with van der Waals surface area (Å²) in [7, 11) is 1.64. The number of thiophene rings is 1. The van der Waals surface area contributed by atoms with E-state index in [0.29, 0.717) is 23.4 Å². The molecule has 0 saturated heterocycles. The van der Waals surface area contributed by atoms with Gasteiger partial charge in [0.15, 0.2) is 0 Å². The van der Waals surface area contributed by atoms with Crippen LogP contribution in [0.15, 0.2) is 99.2 Å². The highest BCUT2D eigenvalue weighted by Crippen LogP contribution is 2.46. The molecule has 1 heterocycles. The Kier molecular flexibility index (Phi) is 7.39. The van der Waals surface area contributed by atoms with Crippen LogP contribution in [0.3, 0.4) is 0 Å². The van der Waals surface area contributed by atoms with E-state index in [1.807, 2.05) is 84.9 Å². The van der Waals surface area contributed by atoms with E-state index >= 15 is 0 Å². The van der Waals surface area contributed by atoms with E-state index in [2.05, 4.69) is 5.16 Å². The first-order valence-electron chi connectivity index (χ1n) is 11.6. The van der Waals surface area contributed by atoms with E-state index in [-0.39, 0.29) is 18.5 Å². The van der Waals surface area contributed by atoms with Crippen LogP contribution >= 0.6 is 23.1 Å². The number of benzene rings is 3. The number of oxime groups is 1. The minimum Gasteiger partial charge on any atom is -0.497 e. The second-order valence-corrected chi connectivity index (χ2v) is 10.8. The Hall–Kier alpha value is -3.55. The molecule has 1 atom stereocenters. The lowest BCUT2D eigenvalue weighted by atomic mass is 9.80. The molecule has 0 bridgehead atoms. The molecule has 182 valence electrons. The monoisotopic (exact) mass is 515 g/mol. The van der Waals surface area contributed by atoms with Crippen LogP contribution in [0.5, 0.6) is 5.75 Å². The number of carbonyl (C=O) groups excluding carboxylic acids is 1. The fourth-order valence-corrected chi connectivity index (χ4v) is 6.94. The van der Waals surface area contributed by atoms with E-state index in [4.69, 9.17) is 9.47 Å². The van der Waals surface area contributed by atoms with Crippen molar-refractivity contribution in [2.75, 3.05) is 7.11 Å². The largest absolute Gasteiger partial charge is 0.497 e. The molecular weight excluding hydrogens is 490 g/mol. The highest BCUT2D eigenvalue weighted by atomic mass is 32.2. The molecule has 1 aliphatic carbocycles. The zero-order chi connectivity index (χ0) is 24.9. The van der Waals surface area contributed by atoms with Gasteiger partial charge in [0, 0.05) is 16.9 Å². The summed E-state index contributed by atoms with van der Waals surface area (Å²) in [5.41, 5.74) is 4.37. The Morgan fingerprint density at radius 1 is 1.00 bits per heavy atom. The molecule has 4 aromatic rings. The molecule has 0 aliphatic heterocycles. The lowest BCUT2D eigenvalue weighted by molar-refractivity contribution is 0.0477. The maximum absolute atomic E-state index is 13.3. The molecule has 1 unspecified atom stereocenters. The van der Waals surface area contributed by atoms with Gasteiger partial charge in [-0.3, -0.25) is 0 Å². The van der Waals surface area contributed by atoms with Crippen LogP contribution in [0.1, 0.15) is 44.3 Å². The summed E-state index contributed by atoms with van der Waals surface area (Å²) in [6.07, 6.45) is 1.23. The van der Waals surface area contributed by atoms with Gasteiger partial charge in [-0.15, -0.1) is 11.3 Å². The van der Waals surface area contributed by atoms with Gasteiger partial charge in [0.1, 0.15) is 17.2 Å². The average Bonchev–Trinajstić information content (AvgIpc) is 3.30. The lowest BCUT2D eigenvalue weighted by Crippen LogP contribution is -2.21. The van der Waals surface area contributed by atoms with Gasteiger partial charge >= 0.3 is 5.97 Å². The van der Waals surface area contributed by atoms with Gasteiger partial charge in [-0.1, -0.05) is 77.6 Å². The van der Waals surface area contributed by atoms with Crippen LogP contribution in [-0.4, -0.2) is 24.0 Å². The first-order valence-corrected chi connectivity index (χ1v) is 13.2. The summed E-state index contributed by atoms with van der Waals surface area (Å²) in [6, 6.07) is 27.6. The zero-order valence-corrected chi connectivity index (χ0v) is 21.4. The van der Waals surface area contributed by atoms with Gasteiger partial charge < -0.3 is 14.7 Å². The van der Waals surface area contributed by atoms with E-state index in [1.54, 1.807) is 18.9 Å². The number of methoxy groups -OCH3 is 1. The van der Waals surface area contributed by atoms with Crippen LogP contribution in [0.25, 0.3) is 0 Å².